The fraction of sp³-hybridized carbons (Fsp3) is 0.235. The van der Waals surface area contributed by atoms with E-state index in [1.54, 1.807) is 7.05 Å². The van der Waals surface area contributed by atoms with Crippen LogP contribution in [0.15, 0.2) is 64.5 Å². The Morgan fingerprint density at radius 1 is 1.09 bits per heavy atom. The van der Waals surface area contributed by atoms with E-state index in [4.69, 9.17) is 11.6 Å². The summed E-state index contributed by atoms with van der Waals surface area (Å²) < 4.78 is 12.1. The number of nitrogens with zero attached hydrogens (tertiary/aromatic N) is 1. The van der Waals surface area contributed by atoms with Gasteiger partial charge in [0.1, 0.15) is 0 Å². The van der Waals surface area contributed by atoms with Crippen molar-refractivity contribution in [3.8, 4) is 0 Å². The third kappa shape index (κ3) is 5.69. The smallest absolute Gasteiger partial charge is 0.191 e. The lowest BCUT2D eigenvalue weighted by Crippen LogP contribution is -2.38. The molecule has 0 fully saturated rings. The second-order valence-electron chi connectivity index (χ2n) is 4.81. The Morgan fingerprint density at radius 3 is 2.48 bits per heavy atom. The number of nitrogens with one attached hydrogen (secondary N) is 2. The van der Waals surface area contributed by atoms with Crippen LogP contribution in [-0.2, 0) is 17.3 Å². The van der Waals surface area contributed by atoms with Crippen LogP contribution in [0.4, 0.5) is 0 Å². The van der Waals surface area contributed by atoms with E-state index < -0.39 is 10.8 Å². The molecule has 0 aliphatic heterocycles. The summed E-state index contributed by atoms with van der Waals surface area (Å²) in [6, 6.07) is 17.1. The summed E-state index contributed by atoms with van der Waals surface area (Å²) in [6.07, 6.45) is 0. The van der Waals surface area contributed by atoms with Gasteiger partial charge in [0, 0.05) is 35.8 Å². The minimum Gasteiger partial charge on any atom is -0.355 e. The molecule has 0 spiro atoms. The molecule has 0 saturated carbocycles. The molecule has 0 amide bonds. The molecule has 2 N–H and O–H groups in total. The van der Waals surface area contributed by atoms with E-state index in [9.17, 15) is 4.21 Å². The molecule has 0 aromatic heterocycles. The molecule has 2 aromatic rings. The van der Waals surface area contributed by atoms with Crippen molar-refractivity contribution in [2.24, 2.45) is 4.99 Å². The Kier molecular flexibility index (Phi) is 7.10. The number of hydrogen-bond donors (Lipinski definition) is 2. The Labute approximate surface area is 144 Å². The van der Waals surface area contributed by atoms with Crippen molar-refractivity contribution in [2.75, 3.05) is 19.3 Å². The molecular formula is C17H20ClN3OS. The molecule has 6 heteroatoms. The molecule has 1 unspecified atom stereocenters. The van der Waals surface area contributed by atoms with Gasteiger partial charge in [-0.2, -0.15) is 0 Å². The van der Waals surface area contributed by atoms with Crippen LogP contribution in [0.1, 0.15) is 5.56 Å². The molecule has 2 rings (SSSR count). The molecule has 0 radical (unpaired) electrons. The first kappa shape index (κ1) is 17.5. The molecule has 23 heavy (non-hydrogen) atoms. The largest absolute Gasteiger partial charge is 0.355 e. The first-order valence-electron chi connectivity index (χ1n) is 7.32. The molecule has 122 valence electrons. The van der Waals surface area contributed by atoms with Crippen molar-refractivity contribution in [1.29, 1.82) is 0 Å². The molecule has 0 aliphatic carbocycles. The zero-order chi connectivity index (χ0) is 16.5. The number of hydrogen-bond acceptors (Lipinski definition) is 2. The standard InChI is InChI=1S/C17H20ClN3OS/c1-19-17(21-13-14-7-5-6-10-16(14)18)20-11-12-23(22)15-8-3-2-4-9-15/h2-10H,11-13H2,1H3,(H2,19,20,21). The third-order valence-corrected chi connectivity index (χ3v) is 4.96. The van der Waals surface area contributed by atoms with Gasteiger partial charge in [-0.25, -0.2) is 0 Å². The maximum atomic E-state index is 12.1. The predicted octanol–water partition coefficient (Wildman–Crippen LogP) is 2.81. The molecule has 1 atom stereocenters. The van der Waals surface area contributed by atoms with Gasteiger partial charge in [0.05, 0.1) is 10.8 Å². The van der Waals surface area contributed by atoms with E-state index >= 15 is 0 Å². The molecular weight excluding hydrogens is 330 g/mol. The van der Waals surface area contributed by atoms with Crippen LogP contribution in [0.2, 0.25) is 5.02 Å². The fourth-order valence-electron chi connectivity index (χ4n) is 1.99. The van der Waals surface area contributed by atoms with Crippen molar-refractivity contribution >= 4 is 28.4 Å². The topological polar surface area (TPSA) is 53.5 Å². The van der Waals surface area contributed by atoms with Gasteiger partial charge in [-0.1, -0.05) is 48.0 Å². The van der Waals surface area contributed by atoms with E-state index in [1.165, 1.54) is 0 Å². The second kappa shape index (κ2) is 9.33. The summed E-state index contributed by atoms with van der Waals surface area (Å²) >= 11 is 6.12. The highest BCUT2D eigenvalue weighted by molar-refractivity contribution is 7.85. The Bertz CT molecular complexity index is 677. The van der Waals surface area contributed by atoms with E-state index in [0.29, 0.717) is 24.8 Å². The predicted molar refractivity (Wildman–Crippen MR) is 97.4 cm³/mol. The summed E-state index contributed by atoms with van der Waals surface area (Å²) in [7, 11) is 0.693. The van der Waals surface area contributed by atoms with Crippen molar-refractivity contribution in [2.45, 2.75) is 11.4 Å². The zero-order valence-corrected chi connectivity index (χ0v) is 14.5. The van der Waals surface area contributed by atoms with Gasteiger partial charge in [0.2, 0.25) is 0 Å². The van der Waals surface area contributed by atoms with Crippen LogP contribution >= 0.6 is 11.6 Å². The lowest BCUT2D eigenvalue weighted by Gasteiger charge is -2.12. The van der Waals surface area contributed by atoms with Gasteiger partial charge in [-0.05, 0) is 23.8 Å². The van der Waals surface area contributed by atoms with Gasteiger partial charge >= 0.3 is 0 Å². The van der Waals surface area contributed by atoms with Crippen molar-refractivity contribution < 1.29 is 4.21 Å². The number of aliphatic imine (C=N–C) groups is 1. The van der Waals surface area contributed by atoms with Crippen LogP contribution in [0.3, 0.4) is 0 Å². The van der Waals surface area contributed by atoms with Crippen LogP contribution in [-0.4, -0.2) is 29.5 Å². The normalized spacial score (nSPS) is 12.7. The van der Waals surface area contributed by atoms with E-state index in [1.807, 2.05) is 54.6 Å². The van der Waals surface area contributed by atoms with E-state index in [-0.39, 0.29) is 0 Å². The quantitative estimate of drug-likeness (QED) is 0.623. The Balaban J connectivity index is 1.77. The molecule has 2 aromatic carbocycles. The molecule has 4 nitrogen and oxygen atoms in total. The van der Waals surface area contributed by atoms with Crippen molar-refractivity contribution in [1.82, 2.24) is 10.6 Å². The molecule has 0 saturated heterocycles. The maximum absolute atomic E-state index is 12.1. The summed E-state index contributed by atoms with van der Waals surface area (Å²) in [6.45, 7) is 1.16. The zero-order valence-electron chi connectivity index (χ0n) is 13.0. The summed E-state index contributed by atoms with van der Waals surface area (Å²) in [5, 5.41) is 7.08. The minimum atomic E-state index is -1.01. The number of rotatable bonds is 6. The number of guanidine groups is 1. The van der Waals surface area contributed by atoms with Crippen molar-refractivity contribution in [3.05, 3.63) is 65.2 Å². The van der Waals surface area contributed by atoms with E-state index in [0.717, 1.165) is 15.5 Å². The highest BCUT2D eigenvalue weighted by Crippen LogP contribution is 2.14. The van der Waals surface area contributed by atoms with E-state index in [2.05, 4.69) is 15.6 Å². The fourth-order valence-corrected chi connectivity index (χ4v) is 3.18. The van der Waals surface area contributed by atoms with Gasteiger partial charge in [0.15, 0.2) is 5.96 Å². The van der Waals surface area contributed by atoms with Crippen LogP contribution in [0.5, 0.6) is 0 Å². The van der Waals surface area contributed by atoms with Crippen LogP contribution in [0.25, 0.3) is 0 Å². The highest BCUT2D eigenvalue weighted by atomic mass is 35.5. The first-order chi connectivity index (χ1) is 11.2. The summed E-state index contributed by atoms with van der Waals surface area (Å²) in [4.78, 5) is 5.00. The summed E-state index contributed by atoms with van der Waals surface area (Å²) in [5.74, 6) is 1.19. The molecule has 0 heterocycles. The van der Waals surface area contributed by atoms with Gasteiger partial charge in [0.25, 0.3) is 0 Å². The van der Waals surface area contributed by atoms with Gasteiger partial charge < -0.3 is 10.6 Å². The van der Waals surface area contributed by atoms with Crippen LogP contribution in [0, 0.1) is 0 Å². The second-order valence-corrected chi connectivity index (χ2v) is 6.78. The lowest BCUT2D eigenvalue weighted by atomic mass is 10.2. The average molecular weight is 350 g/mol. The van der Waals surface area contributed by atoms with Gasteiger partial charge in [-0.3, -0.25) is 9.20 Å². The number of halogens is 1. The summed E-state index contributed by atoms with van der Waals surface area (Å²) in [5.41, 5.74) is 1.00. The average Bonchev–Trinajstić information content (AvgIpc) is 2.59. The van der Waals surface area contributed by atoms with Crippen molar-refractivity contribution in [3.63, 3.8) is 0 Å². The van der Waals surface area contributed by atoms with Crippen LogP contribution < -0.4 is 10.6 Å². The maximum Gasteiger partial charge on any atom is 0.191 e. The number of benzene rings is 2. The first-order valence-corrected chi connectivity index (χ1v) is 9.01. The Morgan fingerprint density at radius 2 is 1.78 bits per heavy atom. The minimum absolute atomic E-state index is 0.525. The molecule has 0 aliphatic rings. The highest BCUT2D eigenvalue weighted by Gasteiger charge is 2.04. The SMILES string of the molecule is CN=C(NCCS(=O)c1ccccc1)NCc1ccccc1Cl. The monoisotopic (exact) mass is 349 g/mol. The Hall–Kier alpha value is -1.85. The third-order valence-electron chi connectivity index (χ3n) is 3.21. The molecule has 0 bridgehead atoms. The van der Waals surface area contributed by atoms with Gasteiger partial charge in [-0.15, -0.1) is 0 Å². The lowest BCUT2D eigenvalue weighted by molar-refractivity contribution is 0.681.